The number of nitrogens with zero attached hydrogens (tertiary/aromatic N) is 1. The summed E-state index contributed by atoms with van der Waals surface area (Å²) < 4.78 is 5.50. The van der Waals surface area contributed by atoms with Crippen LogP contribution in [-0.4, -0.2) is 35.9 Å². The number of rotatable bonds is 6. The number of likely N-dealkylation sites (tertiary alicyclic amines) is 1. The molecule has 1 unspecified atom stereocenters. The Balaban J connectivity index is 1.64. The van der Waals surface area contributed by atoms with Gasteiger partial charge in [-0.1, -0.05) is 41.9 Å². The molecule has 0 aromatic heterocycles. The summed E-state index contributed by atoms with van der Waals surface area (Å²) in [5.74, 6) is 0.324. The van der Waals surface area contributed by atoms with E-state index in [9.17, 15) is 9.59 Å². The van der Waals surface area contributed by atoms with Gasteiger partial charge in [0, 0.05) is 24.5 Å². The van der Waals surface area contributed by atoms with Gasteiger partial charge in [-0.05, 0) is 30.7 Å². The highest BCUT2D eigenvalue weighted by molar-refractivity contribution is 6.31. The SMILES string of the molecule is CCOc1ccccc1C(=O)NC1CC(=O)N(Cc2ccccc2Cl)C1. The molecule has 26 heavy (non-hydrogen) atoms. The largest absolute Gasteiger partial charge is 0.493 e. The van der Waals surface area contributed by atoms with Gasteiger partial charge < -0.3 is 15.0 Å². The number of hydrogen-bond donors (Lipinski definition) is 1. The summed E-state index contributed by atoms with van der Waals surface area (Å²) >= 11 is 6.18. The monoisotopic (exact) mass is 372 g/mol. The van der Waals surface area contributed by atoms with Crippen molar-refractivity contribution in [1.82, 2.24) is 10.2 Å². The summed E-state index contributed by atoms with van der Waals surface area (Å²) in [6, 6.07) is 14.3. The van der Waals surface area contributed by atoms with Gasteiger partial charge in [-0.25, -0.2) is 0 Å². The molecular weight excluding hydrogens is 352 g/mol. The maximum atomic E-state index is 12.6. The molecule has 1 heterocycles. The van der Waals surface area contributed by atoms with E-state index in [0.29, 0.717) is 36.0 Å². The van der Waals surface area contributed by atoms with Gasteiger partial charge in [0.15, 0.2) is 0 Å². The predicted molar refractivity (Wildman–Crippen MR) is 100 cm³/mol. The topological polar surface area (TPSA) is 58.6 Å². The number of carbonyl (C=O) groups excluding carboxylic acids is 2. The molecule has 2 amide bonds. The zero-order valence-electron chi connectivity index (χ0n) is 14.6. The summed E-state index contributed by atoms with van der Waals surface area (Å²) in [5.41, 5.74) is 1.38. The molecule has 0 bridgehead atoms. The maximum absolute atomic E-state index is 12.6. The average molecular weight is 373 g/mol. The second-order valence-electron chi connectivity index (χ2n) is 6.17. The van der Waals surface area contributed by atoms with Crippen LogP contribution in [0.25, 0.3) is 0 Å². The van der Waals surface area contributed by atoms with Crippen LogP contribution < -0.4 is 10.1 Å². The van der Waals surface area contributed by atoms with Gasteiger partial charge in [-0.3, -0.25) is 9.59 Å². The number of hydrogen-bond acceptors (Lipinski definition) is 3. The quantitative estimate of drug-likeness (QED) is 0.846. The molecule has 5 nitrogen and oxygen atoms in total. The molecule has 1 atom stereocenters. The first-order valence-corrected chi connectivity index (χ1v) is 9.00. The third-order valence-corrected chi connectivity index (χ3v) is 4.67. The highest BCUT2D eigenvalue weighted by atomic mass is 35.5. The van der Waals surface area contributed by atoms with E-state index in [1.807, 2.05) is 31.2 Å². The standard InChI is InChI=1S/C20H21ClN2O3/c1-2-26-18-10-6-4-8-16(18)20(25)22-15-11-19(24)23(13-15)12-14-7-3-5-9-17(14)21/h3-10,15H,2,11-13H2,1H3,(H,22,25). The fourth-order valence-corrected chi connectivity index (χ4v) is 3.25. The second kappa shape index (κ2) is 8.23. The number of nitrogens with one attached hydrogen (secondary N) is 1. The Morgan fingerprint density at radius 3 is 2.73 bits per heavy atom. The minimum Gasteiger partial charge on any atom is -0.493 e. The van der Waals surface area contributed by atoms with Crippen molar-refractivity contribution in [1.29, 1.82) is 0 Å². The molecular formula is C20H21ClN2O3. The fourth-order valence-electron chi connectivity index (χ4n) is 3.05. The molecule has 0 radical (unpaired) electrons. The van der Waals surface area contributed by atoms with Crippen molar-refractivity contribution in [3.05, 3.63) is 64.7 Å². The van der Waals surface area contributed by atoms with Gasteiger partial charge >= 0.3 is 0 Å². The number of halogens is 1. The number of benzene rings is 2. The van der Waals surface area contributed by atoms with Crippen molar-refractivity contribution >= 4 is 23.4 Å². The van der Waals surface area contributed by atoms with Crippen LogP contribution in [0.4, 0.5) is 0 Å². The lowest BCUT2D eigenvalue weighted by molar-refractivity contribution is -0.128. The molecule has 0 saturated carbocycles. The first kappa shape index (κ1) is 18.3. The van der Waals surface area contributed by atoms with Gasteiger partial charge in [0.2, 0.25) is 5.91 Å². The smallest absolute Gasteiger partial charge is 0.255 e. The zero-order chi connectivity index (χ0) is 18.5. The van der Waals surface area contributed by atoms with Crippen LogP contribution in [0.1, 0.15) is 29.3 Å². The van der Waals surface area contributed by atoms with E-state index in [0.717, 1.165) is 5.56 Å². The summed E-state index contributed by atoms with van der Waals surface area (Å²) in [6.45, 7) is 3.27. The second-order valence-corrected chi connectivity index (χ2v) is 6.58. The Kier molecular flexibility index (Phi) is 5.78. The van der Waals surface area contributed by atoms with Gasteiger partial charge in [-0.15, -0.1) is 0 Å². The molecule has 3 rings (SSSR count). The number of ether oxygens (including phenoxy) is 1. The minimum atomic E-state index is -0.230. The molecule has 136 valence electrons. The lowest BCUT2D eigenvalue weighted by Crippen LogP contribution is -2.37. The van der Waals surface area contributed by atoms with Crippen LogP contribution in [-0.2, 0) is 11.3 Å². The van der Waals surface area contributed by atoms with E-state index in [-0.39, 0.29) is 24.3 Å². The van der Waals surface area contributed by atoms with E-state index >= 15 is 0 Å². The first-order chi connectivity index (χ1) is 12.6. The number of para-hydroxylation sites is 1. The highest BCUT2D eigenvalue weighted by Gasteiger charge is 2.31. The molecule has 2 aromatic carbocycles. The van der Waals surface area contributed by atoms with Crippen molar-refractivity contribution in [3.8, 4) is 5.75 Å². The normalized spacial score (nSPS) is 16.6. The summed E-state index contributed by atoms with van der Waals surface area (Å²) in [4.78, 5) is 26.6. The van der Waals surface area contributed by atoms with Crippen molar-refractivity contribution in [2.45, 2.75) is 25.9 Å². The number of amides is 2. The molecule has 0 spiro atoms. The third-order valence-electron chi connectivity index (χ3n) is 4.30. The van der Waals surface area contributed by atoms with E-state index in [2.05, 4.69) is 5.32 Å². The summed E-state index contributed by atoms with van der Waals surface area (Å²) in [5, 5.41) is 3.58. The van der Waals surface area contributed by atoms with Crippen LogP contribution in [0.5, 0.6) is 5.75 Å². The van der Waals surface area contributed by atoms with Gasteiger partial charge in [-0.2, -0.15) is 0 Å². The average Bonchev–Trinajstić information content (AvgIpc) is 2.97. The van der Waals surface area contributed by atoms with E-state index in [4.69, 9.17) is 16.3 Å². The zero-order valence-corrected chi connectivity index (χ0v) is 15.3. The molecule has 1 aliphatic heterocycles. The van der Waals surface area contributed by atoms with Crippen LogP contribution in [0.2, 0.25) is 5.02 Å². The predicted octanol–water partition coefficient (Wildman–Crippen LogP) is 3.27. The lowest BCUT2D eigenvalue weighted by atomic mass is 10.1. The van der Waals surface area contributed by atoms with Crippen LogP contribution in [0.3, 0.4) is 0 Å². The Morgan fingerprint density at radius 1 is 1.23 bits per heavy atom. The molecule has 1 aliphatic rings. The van der Waals surface area contributed by atoms with Crippen molar-refractivity contribution in [3.63, 3.8) is 0 Å². The third kappa shape index (κ3) is 4.17. The van der Waals surface area contributed by atoms with E-state index in [1.54, 1.807) is 29.2 Å². The molecule has 1 fully saturated rings. The molecule has 1 saturated heterocycles. The van der Waals surface area contributed by atoms with E-state index < -0.39 is 0 Å². The summed E-state index contributed by atoms with van der Waals surface area (Å²) in [7, 11) is 0. The Hall–Kier alpha value is -2.53. The van der Waals surface area contributed by atoms with Gasteiger partial charge in [0.05, 0.1) is 18.2 Å². The Labute approximate surface area is 157 Å². The highest BCUT2D eigenvalue weighted by Crippen LogP contribution is 2.22. The molecule has 2 aromatic rings. The van der Waals surface area contributed by atoms with Crippen LogP contribution in [0.15, 0.2) is 48.5 Å². The molecule has 0 aliphatic carbocycles. The van der Waals surface area contributed by atoms with Crippen molar-refractivity contribution in [2.75, 3.05) is 13.2 Å². The summed E-state index contributed by atoms with van der Waals surface area (Å²) in [6.07, 6.45) is 0.285. The fraction of sp³-hybridized carbons (Fsp3) is 0.300. The molecule has 1 N–H and O–H groups in total. The first-order valence-electron chi connectivity index (χ1n) is 8.62. The van der Waals surface area contributed by atoms with Crippen LogP contribution in [0, 0.1) is 0 Å². The minimum absolute atomic E-state index is 0.00770. The Bertz CT molecular complexity index is 809. The van der Waals surface area contributed by atoms with Gasteiger partial charge in [0.1, 0.15) is 5.75 Å². The van der Waals surface area contributed by atoms with E-state index in [1.165, 1.54) is 0 Å². The molecule has 6 heteroatoms. The Morgan fingerprint density at radius 2 is 1.96 bits per heavy atom. The van der Waals surface area contributed by atoms with Crippen LogP contribution >= 0.6 is 11.6 Å². The van der Waals surface area contributed by atoms with Gasteiger partial charge in [0.25, 0.3) is 5.91 Å². The van der Waals surface area contributed by atoms with Crippen molar-refractivity contribution in [2.24, 2.45) is 0 Å². The maximum Gasteiger partial charge on any atom is 0.255 e. The lowest BCUT2D eigenvalue weighted by Gasteiger charge is -2.18. The van der Waals surface area contributed by atoms with Crippen molar-refractivity contribution < 1.29 is 14.3 Å². The number of carbonyl (C=O) groups is 2.